The number of tetrazole rings is 1. The zero-order valence-electron chi connectivity index (χ0n) is 42.8. The van der Waals surface area contributed by atoms with Gasteiger partial charge in [-0.2, -0.15) is 24.7 Å². The number of rotatable bonds is 22. The zero-order chi connectivity index (χ0) is 51.3. The number of hydrogen-bond donors (Lipinski definition) is 6. The largest absolute Gasteiger partial charge is 0.383 e. The van der Waals surface area contributed by atoms with Gasteiger partial charge in [-0.05, 0) is 64.0 Å². The lowest BCUT2D eigenvalue weighted by molar-refractivity contribution is 0.0328. The van der Waals surface area contributed by atoms with Gasteiger partial charge in [-0.25, -0.2) is 30.9 Å². The van der Waals surface area contributed by atoms with Gasteiger partial charge in [0.2, 0.25) is 17.7 Å². The molecule has 8 N–H and O–H groups in total. The average molecular weight is 1010 g/mol. The Hall–Kier alpha value is -7.32. The lowest BCUT2D eigenvalue weighted by Crippen LogP contribution is -2.35. The van der Waals surface area contributed by atoms with E-state index in [1.807, 2.05) is 58.6 Å². The Bertz CT molecular complexity index is 2850. The normalized spacial score (nSPS) is 19.0. The summed E-state index contributed by atoms with van der Waals surface area (Å²) in [4.78, 5) is 40.0. The van der Waals surface area contributed by atoms with Crippen LogP contribution in [-0.2, 0) is 49.5 Å². The molecule has 0 amide bonds. The van der Waals surface area contributed by atoms with E-state index in [1.54, 1.807) is 37.2 Å². The van der Waals surface area contributed by atoms with Crippen molar-refractivity contribution in [2.75, 3.05) is 48.0 Å². The maximum absolute atomic E-state index is 6.41. The number of methoxy groups -OCH3 is 1. The summed E-state index contributed by atoms with van der Waals surface area (Å²) in [5, 5.41) is 32.8. The number of nitrogens with one attached hydrogen (secondary N) is 4. The highest BCUT2D eigenvalue weighted by atomic mass is 16.5. The van der Waals surface area contributed by atoms with Crippen LogP contribution >= 0.6 is 0 Å². The van der Waals surface area contributed by atoms with Crippen molar-refractivity contribution in [2.45, 2.75) is 135 Å². The molecule has 7 aromatic heterocycles. The van der Waals surface area contributed by atoms with Crippen LogP contribution in [-0.4, -0.2) is 134 Å². The molecule has 26 nitrogen and oxygen atoms in total. The topological polar surface area (TPSA) is 301 Å². The van der Waals surface area contributed by atoms with Gasteiger partial charge in [0.05, 0.1) is 49.8 Å². The first-order chi connectivity index (χ1) is 35.6. The molecule has 3 atom stereocenters. The summed E-state index contributed by atoms with van der Waals surface area (Å²) in [5.74, 6) is 9.13. The molecule has 2 saturated carbocycles. The van der Waals surface area contributed by atoms with E-state index < -0.39 is 0 Å². The molecule has 8 heterocycles. The van der Waals surface area contributed by atoms with E-state index in [1.165, 1.54) is 24.4 Å². The first kappa shape index (κ1) is 52.0. The van der Waals surface area contributed by atoms with Gasteiger partial charge in [0.15, 0.2) is 39.8 Å². The summed E-state index contributed by atoms with van der Waals surface area (Å²) >= 11 is 0. The standard InChI is InChI=1S/C42H62N24O2.C3H6.C2H4/c1-6-65(44)58-35(43)30-12-13-32(68-30)64-25-50-34-38(54-42(56-40(34)64)46-18-15-29-21-62(4)23-48-29)52-27-10-8-26(9-11-27)51-37-33-39(55-41(53-37)45-17-14-28-20-61(3)22-47-28)63(24-49-33)19-16-31(67-5)36-57-60-66(7-2)59-36;1-2-3-1;1-2/h20-27,30-32H,6-19,44H2,1-5H3,(H2,43,58)(H2,45,51,53,55)(H2,46,52,54,56);1-3H2;1-2H2. The van der Waals surface area contributed by atoms with Gasteiger partial charge in [0.25, 0.3) is 0 Å². The Morgan fingerprint density at radius 1 is 0.808 bits per heavy atom. The van der Waals surface area contributed by atoms with E-state index in [-0.39, 0.29) is 30.5 Å². The second-order valence-electron chi connectivity index (χ2n) is 18.3. The minimum absolute atomic E-state index is 0.133. The lowest BCUT2D eigenvalue weighted by Gasteiger charge is -2.30. The second-order valence-corrected chi connectivity index (χ2v) is 18.3. The molecule has 0 aromatic carbocycles. The molecular formula is C47H72N24O2. The average Bonchev–Trinajstić information content (AvgIpc) is 3.96. The molecule has 3 fully saturated rings. The van der Waals surface area contributed by atoms with E-state index >= 15 is 0 Å². The fourth-order valence-corrected chi connectivity index (χ4v) is 8.61. The van der Waals surface area contributed by atoms with Crippen molar-refractivity contribution >= 4 is 51.7 Å². The van der Waals surface area contributed by atoms with Crippen LogP contribution in [0.1, 0.15) is 108 Å². The second kappa shape index (κ2) is 24.9. The SMILES string of the molecule is C1CC1.C=C.CCN(N)/N=C(\N)C1CCC(n2cnc3c(NC4CCC(Nc5nc(NCCc6cn(C)cn6)nc6c5ncn6CCC(OC)c5nnn(CC)n5)CC4)nc(NCCc4cn(C)cn4)nc32)O1. The fourth-order valence-electron chi connectivity index (χ4n) is 8.61. The van der Waals surface area contributed by atoms with Crippen LogP contribution in [0.2, 0.25) is 0 Å². The van der Waals surface area contributed by atoms with Crippen molar-refractivity contribution in [3.05, 3.63) is 68.1 Å². The molecule has 10 rings (SSSR count). The molecule has 392 valence electrons. The minimum atomic E-state index is -0.379. The first-order valence-electron chi connectivity index (χ1n) is 25.4. The Balaban J connectivity index is 0.00000136. The zero-order valence-corrected chi connectivity index (χ0v) is 42.8. The number of hydrazine groups is 1. The van der Waals surface area contributed by atoms with Gasteiger partial charge in [0, 0.05) is 78.2 Å². The number of anilines is 4. The smallest absolute Gasteiger partial charge is 0.226 e. The lowest BCUT2D eigenvalue weighted by atomic mass is 9.91. The van der Waals surface area contributed by atoms with Gasteiger partial charge < -0.3 is 50.2 Å². The van der Waals surface area contributed by atoms with Crippen LogP contribution in [0, 0.1) is 0 Å². The molecule has 1 saturated heterocycles. The first-order valence-corrected chi connectivity index (χ1v) is 25.4. The summed E-state index contributed by atoms with van der Waals surface area (Å²) in [7, 11) is 5.58. The number of nitrogens with two attached hydrogens (primary N) is 2. The van der Waals surface area contributed by atoms with Crippen LogP contribution in [0.3, 0.4) is 0 Å². The van der Waals surface area contributed by atoms with Crippen LogP contribution in [0.25, 0.3) is 22.3 Å². The third-order valence-corrected chi connectivity index (χ3v) is 12.7. The van der Waals surface area contributed by atoms with Crippen molar-refractivity contribution < 1.29 is 9.47 Å². The van der Waals surface area contributed by atoms with Crippen molar-refractivity contribution in [3.63, 3.8) is 0 Å². The summed E-state index contributed by atoms with van der Waals surface area (Å²) in [5.41, 5.74) is 11.0. The highest BCUT2D eigenvalue weighted by Gasteiger charge is 2.32. The van der Waals surface area contributed by atoms with Gasteiger partial charge >= 0.3 is 0 Å². The molecule has 3 unspecified atom stereocenters. The summed E-state index contributed by atoms with van der Waals surface area (Å²) in [6.45, 7) is 12.8. The van der Waals surface area contributed by atoms with E-state index in [2.05, 4.69) is 64.9 Å². The van der Waals surface area contributed by atoms with Crippen molar-refractivity contribution in [3.8, 4) is 0 Å². The van der Waals surface area contributed by atoms with Crippen molar-refractivity contribution in [2.24, 2.45) is 30.8 Å². The minimum Gasteiger partial charge on any atom is -0.383 e. The molecular weight excluding hydrogens is 933 g/mol. The molecule has 7 aromatic rings. The molecule has 73 heavy (non-hydrogen) atoms. The van der Waals surface area contributed by atoms with Crippen LogP contribution in [0.15, 0.2) is 56.0 Å². The molecule has 2 aliphatic carbocycles. The number of ether oxygens (including phenoxy) is 2. The van der Waals surface area contributed by atoms with Crippen molar-refractivity contribution in [1.82, 2.24) is 83.5 Å². The van der Waals surface area contributed by atoms with Crippen molar-refractivity contribution in [1.29, 1.82) is 0 Å². The molecule has 0 spiro atoms. The van der Waals surface area contributed by atoms with Gasteiger partial charge in [0.1, 0.15) is 18.4 Å². The Kier molecular flexibility index (Phi) is 17.7. The van der Waals surface area contributed by atoms with E-state index in [0.717, 1.165) is 43.5 Å². The van der Waals surface area contributed by atoms with Gasteiger partial charge in [-0.1, -0.05) is 19.3 Å². The van der Waals surface area contributed by atoms with Crippen LogP contribution in [0.4, 0.5) is 23.5 Å². The van der Waals surface area contributed by atoms with E-state index in [0.29, 0.717) is 116 Å². The third-order valence-electron chi connectivity index (χ3n) is 12.7. The van der Waals surface area contributed by atoms with Crippen LogP contribution < -0.4 is 32.8 Å². The van der Waals surface area contributed by atoms with Gasteiger partial charge in [-0.15, -0.1) is 28.5 Å². The summed E-state index contributed by atoms with van der Waals surface area (Å²) < 4.78 is 20.0. The number of hydrazone groups is 1. The van der Waals surface area contributed by atoms with E-state index in [4.69, 9.17) is 51.0 Å². The number of nitrogens with zero attached hydrogens (tertiary/aromatic N) is 18. The summed E-state index contributed by atoms with van der Waals surface area (Å²) in [6.07, 6.45) is 21.5. The van der Waals surface area contributed by atoms with Crippen LogP contribution in [0.5, 0.6) is 0 Å². The number of aromatic nitrogens is 16. The number of hydrogen-bond acceptors (Lipinski definition) is 20. The quantitative estimate of drug-likeness (QED) is 0.0179. The molecule has 26 heteroatoms. The Morgan fingerprint density at radius 2 is 1.40 bits per heavy atom. The van der Waals surface area contributed by atoms with Gasteiger partial charge in [-0.3, -0.25) is 4.57 Å². The number of aryl methyl sites for hydroxylation is 4. The highest BCUT2D eigenvalue weighted by molar-refractivity contribution is 5.86. The maximum Gasteiger partial charge on any atom is 0.226 e. The summed E-state index contributed by atoms with van der Waals surface area (Å²) in [6, 6.07) is 0.275. The number of fused-ring (bicyclic) bond motifs is 2. The Labute approximate surface area is 424 Å². The number of imidazole rings is 4. The predicted molar refractivity (Wildman–Crippen MR) is 279 cm³/mol. The Morgan fingerprint density at radius 3 is 1.93 bits per heavy atom. The molecule has 3 aliphatic rings. The fraction of sp³-hybridized carbons (Fsp3) is 0.574. The molecule has 1 aliphatic heterocycles. The highest BCUT2D eigenvalue weighted by Crippen LogP contribution is 2.34. The maximum atomic E-state index is 6.41. The molecule has 0 bridgehead atoms. The van der Waals surface area contributed by atoms with E-state index in [9.17, 15) is 0 Å². The third kappa shape index (κ3) is 13.6. The number of amidine groups is 1. The monoisotopic (exact) mass is 1000 g/mol. The predicted octanol–water partition coefficient (Wildman–Crippen LogP) is 4.48. The molecule has 0 radical (unpaired) electrons.